The summed E-state index contributed by atoms with van der Waals surface area (Å²) in [5.41, 5.74) is 6.09. The number of nitrogens with zero attached hydrogens (tertiary/aromatic N) is 5. The van der Waals surface area contributed by atoms with Gasteiger partial charge in [0.1, 0.15) is 11.9 Å². The average molecular weight is 409 g/mol. The van der Waals surface area contributed by atoms with Gasteiger partial charge in [0.25, 0.3) is 0 Å². The highest BCUT2D eigenvalue weighted by molar-refractivity contribution is 5.85. The van der Waals surface area contributed by atoms with Crippen LogP contribution in [-0.2, 0) is 4.74 Å². The molecular formula is C22H28N6O2. The normalized spacial score (nSPS) is 17.3. The summed E-state index contributed by atoms with van der Waals surface area (Å²) in [6, 6.07) is 7.79. The number of hydrogen-bond acceptors (Lipinski definition) is 8. The molecule has 1 saturated heterocycles. The van der Waals surface area contributed by atoms with Crippen molar-refractivity contribution in [1.29, 1.82) is 0 Å². The van der Waals surface area contributed by atoms with E-state index in [2.05, 4.69) is 32.0 Å². The number of nitrogens with two attached hydrogens (primary N) is 1. The van der Waals surface area contributed by atoms with Crippen LogP contribution in [0.5, 0.6) is 5.88 Å². The first-order chi connectivity index (χ1) is 14.8. The molecule has 5 rings (SSSR count). The summed E-state index contributed by atoms with van der Waals surface area (Å²) in [6.07, 6.45) is 11.4. The van der Waals surface area contributed by atoms with Gasteiger partial charge in [-0.05, 0) is 43.9 Å². The highest BCUT2D eigenvalue weighted by Crippen LogP contribution is 2.30. The fraction of sp³-hybridized carbons (Fsp3) is 0.455. The minimum Gasteiger partial charge on any atom is -0.474 e. The van der Waals surface area contributed by atoms with Crippen LogP contribution in [-0.4, -0.2) is 52.3 Å². The lowest BCUT2D eigenvalue weighted by Gasteiger charge is -2.29. The Morgan fingerprint density at radius 2 is 1.70 bits per heavy atom. The van der Waals surface area contributed by atoms with E-state index in [9.17, 15) is 0 Å². The predicted octanol–water partition coefficient (Wildman–Crippen LogP) is 3.24. The number of pyridine rings is 2. The van der Waals surface area contributed by atoms with Gasteiger partial charge >= 0.3 is 0 Å². The number of morpholine rings is 1. The molecule has 0 aromatic carbocycles. The molecule has 1 aliphatic heterocycles. The van der Waals surface area contributed by atoms with E-state index in [1.54, 1.807) is 18.5 Å². The fourth-order valence-corrected chi connectivity index (χ4v) is 3.73. The number of anilines is 2. The first kappa shape index (κ1) is 20.3. The molecule has 3 aromatic heterocycles. The lowest BCUT2D eigenvalue weighted by molar-refractivity contribution is 0.122. The minimum absolute atomic E-state index is 0.291. The van der Waals surface area contributed by atoms with Gasteiger partial charge in [0.2, 0.25) is 11.8 Å². The van der Waals surface area contributed by atoms with Crippen molar-refractivity contribution in [3.63, 3.8) is 0 Å². The first-order valence-electron chi connectivity index (χ1n) is 10.6. The van der Waals surface area contributed by atoms with Crippen LogP contribution in [0.1, 0.15) is 32.1 Å². The molecule has 2 fully saturated rings. The van der Waals surface area contributed by atoms with Gasteiger partial charge < -0.3 is 20.1 Å². The van der Waals surface area contributed by atoms with Crippen molar-refractivity contribution in [2.75, 3.05) is 36.9 Å². The molecule has 8 heteroatoms. The van der Waals surface area contributed by atoms with Gasteiger partial charge in [0.15, 0.2) is 0 Å². The number of ether oxygens (including phenoxy) is 2. The monoisotopic (exact) mass is 408 g/mol. The summed E-state index contributed by atoms with van der Waals surface area (Å²) >= 11 is 0. The highest BCUT2D eigenvalue weighted by atomic mass is 16.5. The Bertz CT molecular complexity index is 927. The summed E-state index contributed by atoms with van der Waals surface area (Å²) in [4.78, 5) is 18.9. The third kappa shape index (κ3) is 5.33. The Kier molecular flexibility index (Phi) is 6.87. The van der Waals surface area contributed by atoms with Gasteiger partial charge in [-0.25, -0.2) is 9.97 Å². The number of nitrogen functional groups attached to an aromatic ring is 1. The molecule has 0 amide bonds. The zero-order valence-electron chi connectivity index (χ0n) is 17.1. The van der Waals surface area contributed by atoms with E-state index in [0.29, 0.717) is 12.1 Å². The maximum atomic E-state index is 6.29. The minimum atomic E-state index is 0.291. The third-order valence-electron chi connectivity index (χ3n) is 5.30. The lowest BCUT2D eigenvalue weighted by Crippen LogP contribution is -2.36. The fourth-order valence-electron chi connectivity index (χ4n) is 3.73. The van der Waals surface area contributed by atoms with Crippen molar-refractivity contribution >= 4 is 22.7 Å². The van der Waals surface area contributed by atoms with Crippen molar-refractivity contribution in [2.45, 2.75) is 38.2 Å². The second-order valence-corrected chi connectivity index (χ2v) is 7.44. The topological polar surface area (TPSA) is 99.3 Å². The predicted molar refractivity (Wildman–Crippen MR) is 117 cm³/mol. The molecule has 2 aliphatic rings. The molecule has 0 radical (unpaired) electrons. The molecule has 0 spiro atoms. The van der Waals surface area contributed by atoms with Gasteiger partial charge in [-0.2, -0.15) is 4.98 Å². The molecule has 0 atom stereocenters. The molecule has 158 valence electrons. The largest absolute Gasteiger partial charge is 0.474 e. The number of aromatic nitrogens is 4. The van der Waals surface area contributed by atoms with E-state index in [0.717, 1.165) is 61.7 Å². The van der Waals surface area contributed by atoms with Crippen LogP contribution < -0.4 is 15.4 Å². The maximum Gasteiger partial charge on any atom is 0.225 e. The van der Waals surface area contributed by atoms with Crippen LogP contribution in [0.3, 0.4) is 0 Å². The lowest BCUT2D eigenvalue weighted by atomic mass is 9.98. The SMILES string of the molecule is Nc1ncccn1.c1cnc2cc(N3CCOCC3)nc(OC3CCCCC3)c2c1. The first-order valence-corrected chi connectivity index (χ1v) is 10.6. The Morgan fingerprint density at radius 1 is 0.967 bits per heavy atom. The molecule has 1 saturated carbocycles. The maximum absolute atomic E-state index is 6.29. The van der Waals surface area contributed by atoms with E-state index in [-0.39, 0.29) is 0 Å². The molecule has 8 nitrogen and oxygen atoms in total. The standard InChI is InChI=1S/C18H23N3O2.C4H5N3/c1-2-5-14(6-3-1)23-18-15-7-4-8-19-16(15)13-17(20-18)21-9-11-22-12-10-21;5-4-6-2-1-3-7-4/h4,7-8,13-14H,1-3,5-6,9-12H2;1-3H,(H2,5,6,7). The van der Waals surface area contributed by atoms with Crippen molar-refractivity contribution in [3.8, 4) is 5.88 Å². The van der Waals surface area contributed by atoms with Gasteiger partial charge in [0.05, 0.1) is 24.1 Å². The Balaban J connectivity index is 0.000000265. The van der Waals surface area contributed by atoms with Gasteiger partial charge in [-0.3, -0.25) is 4.98 Å². The number of fused-ring (bicyclic) bond motifs is 1. The van der Waals surface area contributed by atoms with E-state index in [1.165, 1.54) is 19.3 Å². The summed E-state index contributed by atoms with van der Waals surface area (Å²) in [6.45, 7) is 3.24. The van der Waals surface area contributed by atoms with Gasteiger partial charge in [-0.1, -0.05) is 6.42 Å². The van der Waals surface area contributed by atoms with Crippen molar-refractivity contribution in [3.05, 3.63) is 42.9 Å². The second-order valence-electron chi connectivity index (χ2n) is 7.44. The number of hydrogen-bond donors (Lipinski definition) is 1. The van der Waals surface area contributed by atoms with Crippen LogP contribution in [0.25, 0.3) is 10.9 Å². The summed E-state index contributed by atoms with van der Waals surface area (Å²) in [5, 5.41) is 1.01. The molecule has 30 heavy (non-hydrogen) atoms. The third-order valence-corrected chi connectivity index (χ3v) is 5.30. The zero-order chi connectivity index (χ0) is 20.6. The second kappa shape index (κ2) is 10.2. The molecule has 0 unspecified atom stereocenters. The Hall–Kier alpha value is -3.00. The van der Waals surface area contributed by atoms with Crippen molar-refractivity contribution in [1.82, 2.24) is 19.9 Å². The summed E-state index contributed by atoms with van der Waals surface area (Å²) in [5.74, 6) is 2.01. The average Bonchev–Trinajstić information content (AvgIpc) is 2.81. The molecule has 4 heterocycles. The van der Waals surface area contributed by atoms with E-state index in [4.69, 9.17) is 20.2 Å². The van der Waals surface area contributed by atoms with E-state index >= 15 is 0 Å². The van der Waals surface area contributed by atoms with Gasteiger partial charge in [-0.15, -0.1) is 0 Å². The van der Waals surface area contributed by atoms with E-state index < -0.39 is 0 Å². The van der Waals surface area contributed by atoms with Crippen LogP contribution in [0.15, 0.2) is 42.9 Å². The number of rotatable bonds is 3. The Labute approximate surface area is 176 Å². The molecule has 2 N–H and O–H groups in total. The summed E-state index contributed by atoms with van der Waals surface area (Å²) < 4.78 is 11.7. The quantitative estimate of drug-likeness (QED) is 0.705. The van der Waals surface area contributed by atoms with Crippen molar-refractivity contribution in [2.24, 2.45) is 0 Å². The highest BCUT2D eigenvalue weighted by Gasteiger charge is 2.20. The van der Waals surface area contributed by atoms with Crippen LogP contribution in [0.4, 0.5) is 11.8 Å². The van der Waals surface area contributed by atoms with Crippen molar-refractivity contribution < 1.29 is 9.47 Å². The van der Waals surface area contributed by atoms with Crippen LogP contribution >= 0.6 is 0 Å². The van der Waals surface area contributed by atoms with Gasteiger partial charge in [0, 0.05) is 37.7 Å². The molecule has 0 bridgehead atoms. The van der Waals surface area contributed by atoms with Crippen LogP contribution in [0.2, 0.25) is 0 Å². The molecule has 3 aromatic rings. The smallest absolute Gasteiger partial charge is 0.225 e. The van der Waals surface area contributed by atoms with Crippen LogP contribution in [0, 0.1) is 0 Å². The zero-order valence-corrected chi connectivity index (χ0v) is 17.1. The Morgan fingerprint density at radius 3 is 2.40 bits per heavy atom. The molecular weight excluding hydrogens is 380 g/mol. The summed E-state index contributed by atoms with van der Waals surface area (Å²) in [7, 11) is 0. The van der Waals surface area contributed by atoms with E-state index in [1.807, 2.05) is 12.3 Å². The molecule has 1 aliphatic carbocycles.